The third kappa shape index (κ3) is 7.36. The first-order valence-corrected chi connectivity index (χ1v) is 13.0. The summed E-state index contributed by atoms with van der Waals surface area (Å²) in [4.78, 5) is 27.7. The third-order valence-corrected chi connectivity index (χ3v) is 6.48. The van der Waals surface area contributed by atoms with Gasteiger partial charge in [-0.3, -0.25) is 13.9 Å². The molecule has 1 atom stereocenters. The van der Waals surface area contributed by atoms with Gasteiger partial charge in [-0.2, -0.15) is 0 Å². The van der Waals surface area contributed by atoms with Gasteiger partial charge in [-0.15, -0.1) is 0 Å². The molecule has 2 aromatic carbocycles. The number of rotatable bonds is 10. The van der Waals surface area contributed by atoms with Crippen LogP contribution in [0.4, 0.5) is 5.69 Å². The van der Waals surface area contributed by atoms with E-state index in [1.807, 2.05) is 20.8 Å². The zero-order valence-electron chi connectivity index (χ0n) is 20.3. The molecule has 2 aromatic rings. The van der Waals surface area contributed by atoms with E-state index in [4.69, 9.17) is 16.3 Å². The van der Waals surface area contributed by atoms with Gasteiger partial charge >= 0.3 is 0 Å². The van der Waals surface area contributed by atoms with E-state index in [0.717, 1.165) is 16.1 Å². The number of hydrogen-bond acceptors (Lipinski definition) is 5. The second-order valence-electron chi connectivity index (χ2n) is 8.44. The molecule has 186 valence electrons. The summed E-state index contributed by atoms with van der Waals surface area (Å²) in [6.07, 6.45) is 1.03. The second-order valence-corrected chi connectivity index (χ2v) is 10.8. The molecule has 2 amide bonds. The van der Waals surface area contributed by atoms with Crippen molar-refractivity contribution in [3.63, 3.8) is 0 Å². The number of amides is 2. The van der Waals surface area contributed by atoms with Crippen molar-refractivity contribution < 1.29 is 22.7 Å². The first-order chi connectivity index (χ1) is 15.8. The van der Waals surface area contributed by atoms with Crippen LogP contribution in [0, 0.1) is 6.92 Å². The van der Waals surface area contributed by atoms with Gasteiger partial charge in [-0.1, -0.05) is 29.8 Å². The van der Waals surface area contributed by atoms with E-state index in [0.29, 0.717) is 16.3 Å². The summed E-state index contributed by atoms with van der Waals surface area (Å²) in [6.45, 7) is 6.65. The number of sulfonamides is 1. The average molecular weight is 510 g/mol. The minimum Gasteiger partial charge on any atom is -0.495 e. The molecule has 0 saturated carbocycles. The lowest BCUT2D eigenvalue weighted by atomic mass is 10.1. The molecule has 0 fully saturated rings. The van der Waals surface area contributed by atoms with Crippen LogP contribution in [-0.4, -0.2) is 57.1 Å². The Morgan fingerprint density at radius 2 is 1.79 bits per heavy atom. The maximum atomic E-state index is 13.5. The Labute approximate surface area is 206 Å². The van der Waals surface area contributed by atoms with Crippen LogP contribution in [0.15, 0.2) is 42.5 Å². The van der Waals surface area contributed by atoms with Crippen molar-refractivity contribution in [1.82, 2.24) is 10.2 Å². The summed E-state index contributed by atoms with van der Waals surface area (Å²) >= 11 is 6.11. The van der Waals surface area contributed by atoms with E-state index in [1.165, 1.54) is 12.0 Å². The predicted octanol–water partition coefficient (Wildman–Crippen LogP) is 3.36. The van der Waals surface area contributed by atoms with Crippen LogP contribution in [-0.2, 0) is 26.2 Å². The quantitative estimate of drug-likeness (QED) is 0.529. The highest BCUT2D eigenvalue weighted by molar-refractivity contribution is 7.92. The number of nitrogens with one attached hydrogen (secondary N) is 1. The average Bonchev–Trinajstić information content (AvgIpc) is 2.74. The van der Waals surface area contributed by atoms with Gasteiger partial charge in [0.25, 0.3) is 0 Å². The molecule has 0 saturated heterocycles. The van der Waals surface area contributed by atoms with Gasteiger partial charge < -0.3 is 15.0 Å². The van der Waals surface area contributed by atoms with Gasteiger partial charge in [0.15, 0.2) is 0 Å². The number of anilines is 1. The number of aryl methyl sites for hydroxylation is 1. The molecule has 0 spiro atoms. The number of carbonyl (C=O) groups excluding carboxylic acids is 2. The fraction of sp³-hybridized carbons (Fsp3) is 0.417. The molecular weight excluding hydrogens is 478 g/mol. The van der Waals surface area contributed by atoms with E-state index in [1.54, 1.807) is 49.4 Å². The number of benzene rings is 2. The Morgan fingerprint density at radius 3 is 2.35 bits per heavy atom. The molecular formula is C24H32ClN3O5S. The second kappa shape index (κ2) is 11.6. The van der Waals surface area contributed by atoms with Crippen molar-refractivity contribution in [1.29, 1.82) is 0 Å². The molecule has 34 heavy (non-hydrogen) atoms. The Bertz CT molecular complexity index is 1140. The number of halogens is 1. The van der Waals surface area contributed by atoms with Gasteiger partial charge in [0.1, 0.15) is 18.3 Å². The molecule has 0 radical (unpaired) electrons. The van der Waals surface area contributed by atoms with Crippen molar-refractivity contribution in [2.24, 2.45) is 0 Å². The molecule has 2 rings (SSSR count). The van der Waals surface area contributed by atoms with Gasteiger partial charge in [0, 0.05) is 17.6 Å². The van der Waals surface area contributed by atoms with Crippen LogP contribution in [0.25, 0.3) is 0 Å². The van der Waals surface area contributed by atoms with E-state index in [2.05, 4.69) is 5.32 Å². The number of carbonyl (C=O) groups is 2. The SMILES string of the molecule is COc1ccc(C)cc1N(CC(=O)N(Cc1cccc(Cl)c1)[C@H](C)C(=O)NC(C)C)S(C)(=O)=O. The van der Waals surface area contributed by atoms with Crippen molar-refractivity contribution in [2.75, 3.05) is 24.2 Å². The molecule has 0 heterocycles. The highest BCUT2D eigenvalue weighted by atomic mass is 35.5. The molecule has 0 aliphatic heterocycles. The topological polar surface area (TPSA) is 96.0 Å². The smallest absolute Gasteiger partial charge is 0.244 e. The molecule has 8 nitrogen and oxygen atoms in total. The van der Waals surface area contributed by atoms with Crippen LogP contribution in [0.2, 0.25) is 5.02 Å². The molecule has 0 aromatic heterocycles. The number of methoxy groups -OCH3 is 1. The lowest BCUT2D eigenvalue weighted by Crippen LogP contribution is -2.52. The minimum atomic E-state index is -3.86. The highest BCUT2D eigenvalue weighted by Crippen LogP contribution is 2.31. The van der Waals surface area contributed by atoms with Crippen LogP contribution in [0.1, 0.15) is 31.9 Å². The summed E-state index contributed by atoms with van der Waals surface area (Å²) < 4.78 is 31.8. The summed E-state index contributed by atoms with van der Waals surface area (Å²) in [6, 6.07) is 11.1. The van der Waals surface area contributed by atoms with E-state index < -0.39 is 28.5 Å². The number of nitrogens with zero attached hydrogens (tertiary/aromatic N) is 2. The van der Waals surface area contributed by atoms with Gasteiger partial charge in [0.2, 0.25) is 21.8 Å². The molecule has 10 heteroatoms. The maximum Gasteiger partial charge on any atom is 0.244 e. The summed E-state index contributed by atoms with van der Waals surface area (Å²) in [5.41, 5.74) is 1.77. The van der Waals surface area contributed by atoms with Crippen LogP contribution < -0.4 is 14.4 Å². The summed E-state index contributed by atoms with van der Waals surface area (Å²) in [5.74, 6) is -0.569. The lowest BCUT2D eigenvalue weighted by Gasteiger charge is -2.32. The monoisotopic (exact) mass is 509 g/mol. The largest absolute Gasteiger partial charge is 0.495 e. The Morgan fingerprint density at radius 1 is 1.12 bits per heavy atom. The number of ether oxygens (including phenoxy) is 1. The van der Waals surface area contributed by atoms with Crippen molar-refractivity contribution >= 4 is 39.1 Å². The van der Waals surface area contributed by atoms with E-state index in [9.17, 15) is 18.0 Å². The zero-order valence-corrected chi connectivity index (χ0v) is 21.9. The van der Waals surface area contributed by atoms with Crippen molar-refractivity contribution in [3.8, 4) is 5.75 Å². The Hall–Kier alpha value is -2.78. The number of hydrogen-bond donors (Lipinski definition) is 1. The molecule has 0 aliphatic rings. The van der Waals surface area contributed by atoms with E-state index in [-0.39, 0.29) is 24.2 Å². The highest BCUT2D eigenvalue weighted by Gasteiger charge is 2.31. The van der Waals surface area contributed by atoms with Gasteiger partial charge in [0.05, 0.1) is 19.1 Å². The fourth-order valence-corrected chi connectivity index (χ4v) is 4.47. The maximum absolute atomic E-state index is 13.5. The van der Waals surface area contributed by atoms with Gasteiger partial charge in [-0.05, 0) is 63.1 Å². The standard InChI is InChI=1S/C24H32ClN3O5S/c1-16(2)26-24(30)18(4)27(14-19-8-7-9-20(25)13-19)23(29)15-28(34(6,31)32)21-12-17(3)10-11-22(21)33-5/h7-13,16,18H,14-15H2,1-6H3,(H,26,30)/t18-/m1/s1. The Kier molecular flexibility index (Phi) is 9.35. The summed E-state index contributed by atoms with van der Waals surface area (Å²) in [5, 5.41) is 3.30. The van der Waals surface area contributed by atoms with Crippen molar-refractivity contribution in [3.05, 3.63) is 58.6 Å². The minimum absolute atomic E-state index is 0.0780. The zero-order chi connectivity index (χ0) is 25.6. The van der Waals surface area contributed by atoms with Gasteiger partial charge in [-0.25, -0.2) is 8.42 Å². The van der Waals surface area contributed by atoms with Crippen molar-refractivity contribution in [2.45, 2.75) is 46.3 Å². The predicted molar refractivity (Wildman–Crippen MR) is 135 cm³/mol. The van der Waals surface area contributed by atoms with Crippen LogP contribution >= 0.6 is 11.6 Å². The third-order valence-electron chi connectivity index (χ3n) is 5.12. The normalized spacial score (nSPS) is 12.2. The molecule has 0 aliphatic carbocycles. The first-order valence-electron chi connectivity index (χ1n) is 10.8. The van der Waals surface area contributed by atoms with E-state index >= 15 is 0 Å². The van der Waals surface area contributed by atoms with Crippen LogP contribution in [0.5, 0.6) is 5.75 Å². The lowest BCUT2D eigenvalue weighted by molar-refractivity contribution is -0.139. The first kappa shape index (κ1) is 27.5. The molecule has 0 unspecified atom stereocenters. The summed E-state index contributed by atoms with van der Waals surface area (Å²) in [7, 11) is -2.43. The fourth-order valence-electron chi connectivity index (χ4n) is 3.41. The van der Waals surface area contributed by atoms with Crippen LogP contribution in [0.3, 0.4) is 0 Å². The Balaban J connectivity index is 2.47. The molecule has 0 bridgehead atoms. The molecule has 1 N–H and O–H groups in total.